The zero-order valence-corrected chi connectivity index (χ0v) is 4.27. The first kappa shape index (κ1) is 6.21. The molecule has 0 radical (unpaired) electrons. The van der Waals surface area contributed by atoms with Gasteiger partial charge in [0.15, 0.2) is 0 Å². The van der Waals surface area contributed by atoms with Crippen LogP contribution in [0.25, 0.3) is 0 Å². The summed E-state index contributed by atoms with van der Waals surface area (Å²) in [6, 6.07) is 0. The van der Waals surface area contributed by atoms with Crippen LogP contribution in [0.1, 0.15) is 13.3 Å². The summed E-state index contributed by atoms with van der Waals surface area (Å²) in [6.07, 6.45) is 0.523. The van der Waals surface area contributed by atoms with Crippen LogP contribution in [0.5, 0.6) is 0 Å². The van der Waals surface area contributed by atoms with Gasteiger partial charge in [0, 0.05) is 5.57 Å². The smallest absolute Gasteiger partial charge is 0.330 e. The molecule has 2 nitrogen and oxygen atoms in total. The molecule has 0 saturated heterocycles. The van der Waals surface area contributed by atoms with Gasteiger partial charge in [-0.15, -0.1) is 0 Å². The summed E-state index contributed by atoms with van der Waals surface area (Å²) in [7, 11) is 0. The standard InChI is InChI=1S/C5H8O2/c1-3-4(2)5(6)7/h2-3H2,1H3,(H,6,7). The molecular weight excluding hydrogens is 92.1 g/mol. The number of carboxylic acid groups (broad SMARTS) is 1. The molecule has 7 heavy (non-hydrogen) atoms. The summed E-state index contributed by atoms with van der Waals surface area (Å²) in [5.74, 6) is -0.900. The zero-order valence-electron chi connectivity index (χ0n) is 4.27. The first-order valence-electron chi connectivity index (χ1n) is 2.09. The molecule has 0 amide bonds. The van der Waals surface area contributed by atoms with E-state index in [4.69, 9.17) is 5.11 Å². The van der Waals surface area contributed by atoms with Gasteiger partial charge in [0.2, 0.25) is 0 Å². The van der Waals surface area contributed by atoms with Crippen LogP contribution in [0.4, 0.5) is 0 Å². The van der Waals surface area contributed by atoms with Gasteiger partial charge in [0.1, 0.15) is 0 Å². The normalized spacial score (nSPS) is 8.14. The Morgan fingerprint density at radius 3 is 2.29 bits per heavy atom. The lowest BCUT2D eigenvalue weighted by molar-refractivity contribution is -0.132. The predicted octanol–water partition coefficient (Wildman–Crippen LogP) is 1.04. The molecule has 0 rings (SSSR count). The molecular formula is C5H8O2. The molecule has 2 heteroatoms. The summed E-state index contributed by atoms with van der Waals surface area (Å²) in [4.78, 5) is 9.83. The Labute approximate surface area is 42.5 Å². The second-order valence-electron chi connectivity index (χ2n) is 1.26. The van der Waals surface area contributed by atoms with Crippen LogP contribution in [0.3, 0.4) is 0 Å². The second-order valence-corrected chi connectivity index (χ2v) is 1.26. The van der Waals surface area contributed by atoms with Crippen LogP contribution in [0.15, 0.2) is 12.2 Å². The van der Waals surface area contributed by atoms with E-state index >= 15 is 0 Å². The lowest BCUT2D eigenvalue weighted by atomic mass is 10.2. The van der Waals surface area contributed by atoms with Crippen molar-refractivity contribution in [2.75, 3.05) is 0 Å². The lowest BCUT2D eigenvalue weighted by Crippen LogP contribution is -1.95. The minimum atomic E-state index is -0.900. The van der Waals surface area contributed by atoms with Crippen molar-refractivity contribution < 1.29 is 9.90 Å². The van der Waals surface area contributed by atoms with E-state index in [0.29, 0.717) is 6.42 Å². The van der Waals surface area contributed by atoms with E-state index < -0.39 is 5.97 Å². The van der Waals surface area contributed by atoms with Gasteiger partial charge in [-0.2, -0.15) is 0 Å². The molecule has 0 fully saturated rings. The molecule has 0 spiro atoms. The molecule has 0 aromatic rings. The van der Waals surface area contributed by atoms with Crippen molar-refractivity contribution in [2.45, 2.75) is 13.3 Å². The van der Waals surface area contributed by atoms with Gasteiger partial charge in [0.05, 0.1) is 0 Å². The van der Waals surface area contributed by atoms with Crippen molar-refractivity contribution in [1.82, 2.24) is 0 Å². The Kier molecular flexibility index (Phi) is 2.12. The molecule has 0 saturated carbocycles. The van der Waals surface area contributed by atoms with Crippen molar-refractivity contribution >= 4 is 5.97 Å². The summed E-state index contributed by atoms with van der Waals surface area (Å²) in [6.45, 7) is 5.03. The van der Waals surface area contributed by atoms with Crippen LogP contribution >= 0.6 is 0 Å². The fourth-order valence-corrected chi connectivity index (χ4v) is 0.151. The van der Waals surface area contributed by atoms with Gasteiger partial charge < -0.3 is 5.11 Å². The molecule has 0 aromatic carbocycles. The quantitative estimate of drug-likeness (QED) is 0.526. The Morgan fingerprint density at radius 1 is 1.86 bits per heavy atom. The molecule has 40 valence electrons. The number of carbonyl (C=O) groups is 1. The molecule has 0 atom stereocenters. The Morgan fingerprint density at radius 2 is 2.29 bits per heavy atom. The Bertz CT molecular complexity index is 94.3. The number of rotatable bonds is 2. The van der Waals surface area contributed by atoms with Gasteiger partial charge in [-0.05, 0) is 6.42 Å². The van der Waals surface area contributed by atoms with Crippen molar-refractivity contribution in [2.24, 2.45) is 0 Å². The molecule has 0 bridgehead atoms. The fraction of sp³-hybridized carbons (Fsp3) is 0.400. The highest BCUT2D eigenvalue weighted by atomic mass is 16.4. The summed E-state index contributed by atoms with van der Waals surface area (Å²) in [5.41, 5.74) is 0.264. The molecule has 0 heterocycles. The lowest BCUT2D eigenvalue weighted by Gasteiger charge is -1.87. The molecule has 0 unspecified atom stereocenters. The van der Waals surface area contributed by atoms with Crippen molar-refractivity contribution in [1.29, 1.82) is 0 Å². The molecule has 1 N–H and O–H groups in total. The monoisotopic (exact) mass is 100 g/mol. The van der Waals surface area contributed by atoms with E-state index in [2.05, 4.69) is 6.58 Å². The predicted molar refractivity (Wildman–Crippen MR) is 27.1 cm³/mol. The van der Waals surface area contributed by atoms with Crippen LogP contribution in [-0.4, -0.2) is 11.1 Å². The van der Waals surface area contributed by atoms with E-state index in [0.717, 1.165) is 0 Å². The van der Waals surface area contributed by atoms with Crippen LogP contribution in [0, 0.1) is 0 Å². The Hall–Kier alpha value is -0.790. The number of hydrogen-bond acceptors (Lipinski definition) is 1. The van der Waals surface area contributed by atoms with Gasteiger partial charge in [-0.3, -0.25) is 0 Å². The molecule has 0 aromatic heterocycles. The maximum atomic E-state index is 9.83. The highest BCUT2D eigenvalue weighted by molar-refractivity contribution is 5.85. The maximum absolute atomic E-state index is 9.83. The SMILES string of the molecule is C=C(CC)C(=O)O. The van der Waals surface area contributed by atoms with E-state index in [-0.39, 0.29) is 5.57 Å². The van der Waals surface area contributed by atoms with Gasteiger partial charge in [0.25, 0.3) is 0 Å². The third kappa shape index (κ3) is 1.98. The van der Waals surface area contributed by atoms with E-state index in [9.17, 15) is 4.79 Å². The molecule has 0 aliphatic rings. The van der Waals surface area contributed by atoms with Crippen LogP contribution in [-0.2, 0) is 4.79 Å². The average molecular weight is 100 g/mol. The first-order valence-corrected chi connectivity index (χ1v) is 2.09. The fourth-order valence-electron chi connectivity index (χ4n) is 0.151. The third-order valence-electron chi connectivity index (χ3n) is 0.729. The topological polar surface area (TPSA) is 37.3 Å². The third-order valence-corrected chi connectivity index (χ3v) is 0.729. The summed E-state index contributed by atoms with van der Waals surface area (Å²) in [5, 5.41) is 8.08. The molecule has 0 aliphatic carbocycles. The van der Waals surface area contributed by atoms with Crippen molar-refractivity contribution in [3.05, 3.63) is 12.2 Å². The minimum absolute atomic E-state index is 0.264. The van der Waals surface area contributed by atoms with Gasteiger partial charge >= 0.3 is 5.97 Å². The number of carboxylic acids is 1. The summed E-state index contributed by atoms with van der Waals surface area (Å²) < 4.78 is 0. The van der Waals surface area contributed by atoms with Crippen LogP contribution in [0.2, 0.25) is 0 Å². The second kappa shape index (κ2) is 2.39. The van der Waals surface area contributed by atoms with Crippen molar-refractivity contribution in [3.8, 4) is 0 Å². The summed E-state index contributed by atoms with van der Waals surface area (Å²) >= 11 is 0. The number of hydrogen-bond donors (Lipinski definition) is 1. The highest BCUT2D eigenvalue weighted by Gasteiger charge is 1.96. The average Bonchev–Trinajstić information content (AvgIpc) is 1.65. The van der Waals surface area contributed by atoms with E-state index in [1.807, 2.05) is 0 Å². The Balaban J connectivity index is 3.58. The van der Waals surface area contributed by atoms with Crippen molar-refractivity contribution in [3.63, 3.8) is 0 Å². The molecule has 0 aliphatic heterocycles. The maximum Gasteiger partial charge on any atom is 0.330 e. The van der Waals surface area contributed by atoms with E-state index in [1.165, 1.54) is 0 Å². The van der Waals surface area contributed by atoms with Gasteiger partial charge in [-0.25, -0.2) is 4.79 Å². The van der Waals surface area contributed by atoms with Gasteiger partial charge in [-0.1, -0.05) is 13.5 Å². The van der Waals surface area contributed by atoms with Crippen LogP contribution < -0.4 is 0 Å². The zero-order chi connectivity index (χ0) is 5.86. The first-order chi connectivity index (χ1) is 3.18. The largest absolute Gasteiger partial charge is 0.478 e. The highest BCUT2D eigenvalue weighted by Crippen LogP contribution is 1.93. The number of aliphatic carboxylic acids is 1. The van der Waals surface area contributed by atoms with E-state index in [1.54, 1.807) is 6.92 Å². The minimum Gasteiger partial charge on any atom is -0.478 e.